The van der Waals surface area contributed by atoms with Gasteiger partial charge in [-0.25, -0.2) is 0 Å². The first kappa shape index (κ1) is 9.65. The SMILES string of the molecule is CC(=O)c1c(C)nsc1NC1(C)CC1. The molecule has 1 aliphatic carbocycles. The van der Waals surface area contributed by atoms with E-state index in [2.05, 4.69) is 16.6 Å². The molecule has 0 amide bonds. The van der Waals surface area contributed by atoms with Crippen LogP contribution in [0.15, 0.2) is 0 Å². The Morgan fingerprint density at radius 2 is 2.21 bits per heavy atom. The van der Waals surface area contributed by atoms with E-state index in [9.17, 15) is 4.79 Å². The normalized spacial score (nSPS) is 17.9. The number of hydrogen-bond acceptors (Lipinski definition) is 4. The predicted molar refractivity (Wildman–Crippen MR) is 58.1 cm³/mol. The average Bonchev–Trinajstić information content (AvgIpc) is 2.67. The minimum atomic E-state index is 0.100. The molecule has 1 aliphatic rings. The van der Waals surface area contributed by atoms with Crippen LogP contribution < -0.4 is 5.32 Å². The van der Waals surface area contributed by atoms with Crippen molar-refractivity contribution < 1.29 is 4.79 Å². The molecule has 0 unspecified atom stereocenters. The van der Waals surface area contributed by atoms with Gasteiger partial charge < -0.3 is 5.32 Å². The summed E-state index contributed by atoms with van der Waals surface area (Å²) >= 11 is 1.39. The zero-order valence-electron chi connectivity index (χ0n) is 8.68. The molecule has 0 aromatic carbocycles. The lowest BCUT2D eigenvalue weighted by molar-refractivity contribution is 0.101. The van der Waals surface area contributed by atoms with Crippen molar-refractivity contribution in [3.63, 3.8) is 0 Å². The summed E-state index contributed by atoms with van der Waals surface area (Å²) in [5.41, 5.74) is 1.82. The quantitative estimate of drug-likeness (QED) is 0.780. The molecule has 0 aliphatic heterocycles. The zero-order chi connectivity index (χ0) is 10.3. The summed E-state index contributed by atoms with van der Waals surface area (Å²) < 4.78 is 4.21. The van der Waals surface area contributed by atoms with Gasteiger partial charge in [0.05, 0.1) is 11.3 Å². The van der Waals surface area contributed by atoms with Crippen molar-refractivity contribution in [2.45, 2.75) is 39.2 Å². The van der Waals surface area contributed by atoms with Crippen LogP contribution in [0.2, 0.25) is 0 Å². The van der Waals surface area contributed by atoms with E-state index in [1.807, 2.05) is 6.92 Å². The highest BCUT2D eigenvalue weighted by Crippen LogP contribution is 2.40. The Balaban J connectivity index is 2.28. The largest absolute Gasteiger partial charge is 0.370 e. The number of carbonyl (C=O) groups is 1. The second-order valence-electron chi connectivity index (χ2n) is 4.21. The minimum absolute atomic E-state index is 0.100. The Kier molecular flexibility index (Phi) is 2.10. The molecule has 0 spiro atoms. The Morgan fingerprint density at radius 1 is 1.57 bits per heavy atom. The fourth-order valence-corrected chi connectivity index (χ4v) is 2.45. The molecule has 0 radical (unpaired) electrons. The van der Waals surface area contributed by atoms with E-state index in [0.29, 0.717) is 0 Å². The van der Waals surface area contributed by atoms with E-state index < -0.39 is 0 Å². The van der Waals surface area contributed by atoms with Crippen LogP contribution >= 0.6 is 11.5 Å². The molecule has 1 fully saturated rings. The Morgan fingerprint density at radius 3 is 2.71 bits per heavy atom. The first-order valence-electron chi connectivity index (χ1n) is 4.77. The van der Waals surface area contributed by atoms with Gasteiger partial charge in [0.15, 0.2) is 5.78 Å². The van der Waals surface area contributed by atoms with Crippen LogP contribution in [0.25, 0.3) is 0 Å². The monoisotopic (exact) mass is 210 g/mol. The van der Waals surface area contributed by atoms with Crippen molar-refractivity contribution in [2.75, 3.05) is 5.32 Å². The highest BCUT2D eigenvalue weighted by Gasteiger charge is 2.38. The lowest BCUT2D eigenvalue weighted by atomic mass is 10.2. The average molecular weight is 210 g/mol. The van der Waals surface area contributed by atoms with Gasteiger partial charge in [0.25, 0.3) is 0 Å². The summed E-state index contributed by atoms with van der Waals surface area (Å²) in [5, 5.41) is 4.34. The molecule has 1 aromatic rings. The van der Waals surface area contributed by atoms with E-state index >= 15 is 0 Å². The number of carbonyl (C=O) groups excluding carboxylic acids is 1. The maximum Gasteiger partial charge on any atom is 0.164 e. The molecule has 1 heterocycles. The number of aromatic nitrogens is 1. The van der Waals surface area contributed by atoms with Crippen LogP contribution in [0.3, 0.4) is 0 Å². The lowest BCUT2D eigenvalue weighted by Crippen LogP contribution is -2.16. The van der Waals surface area contributed by atoms with Gasteiger partial charge in [0.2, 0.25) is 0 Å². The highest BCUT2D eigenvalue weighted by atomic mass is 32.1. The molecular weight excluding hydrogens is 196 g/mol. The van der Waals surface area contributed by atoms with E-state index in [4.69, 9.17) is 0 Å². The van der Waals surface area contributed by atoms with Crippen molar-refractivity contribution in [3.8, 4) is 0 Å². The standard InChI is InChI=1S/C10H14N2OS/c1-6-8(7(2)13)9(14-12-6)11-10(3)4-5-10/h11H,4-5H2,1-3H3. The van der Waals surface area contributed by atoms with Gasteiger partial charge >= 0.3 is 0 Å². The Bertz CT molecular complexity index is 379. The highest BCUT2D eigenvalue weighted by molar-refractivity contribution is 7.10. The van der Waals surface area contributed by atoms with E-state index in [1.54, 1.807) is 6.92 Å². The molecule has 0 atom stereocenters. The van der Waals surface area contributed by atoms with E-state index in [0.717, 1.165) is 16.3 Å². The molecular formula is C10H14N2OS. The van der Waals surface area contributed by atoms with Crippen molar-refractivity contribution >= 4 is 22.3 Å². The molecule has 14 heavy (non-hydrogen) atoms. The predicted octanol–water partition coefficient (Wildman–Crippen LogP) is 2.62. The summed E-state index contributed by atoms with van der Waals surface area (Å²) in [5.74, 6) is 0.100. The second-order valence-corrected chi connectivity index (χ2v) is 4.99. The number of nitrogens with zero attached hydrogens (tertiary/aromatic N) is 1. The summed E-state index contributed by atoms with van der Waals surface area (Å²) in [6.07, 6.45) is 2.36. The third kappa shape index (κ3) is 1.66. The van der Waals surface area contributed by atoms with Crippen LogP contribution in [0.1, 0.15) is 42.7 Å². The third-order valence-corrected chi connectivity index (χ3v) is 3.48. The lowest BCUT2D eigenvalue weighted by Gasteiger charge is -2.11. The number of aryl methyl sites for hydroxylation is 1. The number of ketones is 1. The molecule has 0 bridgehead atoms. The number of Topliss-reactive ketones (excluding diaryl/α,β-unsaturated/α-hetero) is 1. The van der Waals surface area contributed by atoms with Crippen LogP contribution in [0.5, 0.6) is 0 Å². The Labute approximate surface area is 87.7 Å². The zero-order valence-corrected chi connectivity index (χ0v) is 9.49. The Hall–Kier alpha value is -0.900. The molecule has 2 rings (SSSR count). The maximum atomic E-state index is 11.4. The van der Waals surface area contributed by atoms with Gasteiger partial charge in [-0.05, 0) is 45.1 Å². The number of rotatable bonds is 3. The van der Waals surface area contributed by atoms with Gasteiger partial charge in [0, 0.05) is 5.54 Å². The summed E-state index contributed by atoms with van der Waals surface area (Å²) in [6, 6.07) is 0. The number of nitrogens with one attached hydrogen (secondary N) is 1. The summed E-state index contributed by atoms with van der Waals surface area (Å²) in [4.78, 5) is 11.4. The smallest absolute Gasteiger partial charge is 0.164 e. The topological polar surface area (TPSA) is 42.0 Å². The van der Waals surface area contributed by atoms with Gasteiger partial charge in [-0.3, -0.25) is 4.79 Å². The van der Waals surface area contributed by atoms with E-state index in [1.165, 1.54) is 24.4 Å². The second kappa shape index (κ2) is 3.05. The molecule has 4 heteroatoms. The van der Waals surface area contributed by atoms with Crippen molar-refractivity contribution in [1.82, 2.24) is 4.37 Å². The fraction of sp³-hybridized carbons (Fsp3) is 0.600. The molecule has 3 nitrogen and oxygen atoms in total. The summed E-state index contributed by atoms with van der Waals surface area (Å²) in [6.45, 7) is 5.65. The number of anilines is 1. The van der Waals surface area contributed by atoms with Crippen LogP contribution in [0.4, 0.5) is 5.00 Å². The molecule has 76 valence electrons. The van der Waals surface area contributed by atoms with Gasteiger partial charge in [-0.2, -0.15) is 4.37 Å². The van der Waals surface area contributed by atoms with Gasteiger partial charge in [-0.15, -0.1) is 0 Å². The van der Waals surface area contributed by atoms with Crippen LogP contribution in [0, 0.1) is 6.92 Å². The van der Waals surface area contributed by atoms with Gasteiger partial charge in [0.1, 0.15) is 5.00 Å². The molecule has 1 saturated carbocycles. The molecule has 0 saturated heterocycles. The van der Waals surface area contributed by atoms with Crippen molar-refractivity contribution in [1.29, 1.82) is 0 Å². The van der Waals surface area contributed by atoms with E-state index in [-0.39, 0.29) is 11.3 Å². The first-order chi connectivity index (χ1) is 6.52. The molecule has 1 aromatic heterocycles. The van der Waals surface area contributed by atoms with Gasteiger partial charge in [-0.1, -0.05) is 0 Å². The van der Waals surface area contributed by atoms with Crippen molar-refractivity contribution in [3.05, 3.63) is 11.3 Å². The van der Waals surface area contributed by atoms with Crippen molar-refractivity contribution in [2.24, 2.45) is 0 Å². The fourth-order valence-electron chi connectivity index (χ4n) is 1.46. The third-order valence-electron chi connectivity index (χ3n) is 2.63. The number of hydrogen-bond donors (Lipinski definition) is 1. The minimum Gasteiger partial charge on any atom is -0.370 e. The van der Waals surface area contributed by atoms with Crippen LogP contribution in [-0.2, 0) is 0 Å². The molecule has 1 N–H and O–H groups in total. The maximum absolute atomic E-state index is 11.4. The first-order valence-corrected chi connectivity index (χ1v) is 5.54. The summed E-state index contributed by atoms with van der Waals surface area (Å²) in [7, 11) is 0. The van der Waals surface area contributed by atoms with Crippen LogP contribution in [-0.4, -0.2) is 15.7 Å².